The van der Waals surface area contributed by atoms with Crippen LogP contribution in [0, 0.1) is 23.2 Å². The van der Waals surface area contributed by atoms with Gasteiger partial charge < -0.3 is 14.8 Å². The third-order valence-corrected chi connectivity index (χ3v) is 7.46. The van der Waals surface area contributed by atoms with Gasteiger partial charge in [-0.2, -0.15) is 0 Å². The molecular weight excluding hydrogens is 378 g/mol. The quantitative estimate of drug-likeness (QED) is 0.451. The van der Waals surface area contributed by atoms with Crippen LogP contribution in [0.4, 0.5) is 0 Å². The van der Waals surface area contributed by atoms with Gasteiger partial charge in [-0.3, -0.25) is 9.59 Å². The molecule has 5 heteroatoms. The first-order chi connectivity index (χ1) is 14.4. The van der Waals surface area contributed by atoms with Gasteiger partial charge in [-0.1, -0.05) is 38.1 Å². The zero-order valence-corrected chi connectivity index (χ0v) is 17.8. The van der Waals surface area contributed by atoms with Gasteiger partial charge in [0, 0.05) is 17.8 Å². The van der Waals surface area contributed by atoms with Gasteiger partial charge in [0.2, 0.25) is 0 Å². The van der Waals surface area contributed by atoms with E-state index in [1.54, 1.807) is 6.26 Å². The molecule has 1 aromatic carbocycles. The third kappa shape index (κ3) is 3.90. The molecular formula is C25H31NO4. The van der Waals surface area contributed by atoms with E-state index in [0.29, 0.717) is 29.4 Å². The van der Waals surface area contributed by atoms with Crippen molar-refractivity contribution in [3.8, 4) is 0 Å². The molecule has 2 aromatic rings. The number of hydrogen-bond donors (Lipinski definition) is 2. The lowest BCUT2D eigenvalue weighted by molar-refractivity contribution is -0.137. The van der Waals surface area contributed by atoms with Crippen molar-refractivity contribution in [2.75, 3.05) is 0 Å². The summed E-state index contributed by atoms with van der Waals surface area (Å²) in [6.45, 7) is 4.66. The monoisotopic (exact) mass is 409 g/mol. The number of hydrogen-bond acceptors (Lipinski definition) is 3. The predicted octanol–water partition coefficient (Wildman–Crippen LogP) is 5.41. The molecule has 160 valence electrons. The number of carboxylic acid groups (broad SMARTS) is 1. The average molecular weight is 410 g/mol. The molecule has 1 heterocycles. The minimum atomic E-state index is -0.743. The second-order valence-electron chi connectivity index (χ2n) is 9.49. The molecule has 5 nitrogen and oxygen atoms in total. The van der Waals surface area contributed by atoms with E-state index in [1.165, 1.54) is 6.42 Å². The minimum Gasteiger partial charge on any atom is -0.481 e. The fourth-order valence-corrected chi connectivity index (χ4v) is 5.53. The summed E-state index contributed by atoms with van der Waals surface area (Å²) in [6, 6.07) is 7.70. The van der Waals surface area contributed by atoms with Crippen LogP contribution in [0.2, 0.25) is 0 Å². The Bertz CT molecular complexity index is 957. The molecule has 3 aliphatic carbocycles. The number of nitrogens with one attached hydrogen (secondary N) is 1. The molecule has 0 saturated heterocycles. The molecule has 4 atom stereocenters. The maximum atomic E-state index is 13.2. The van der Waals surface area contributed by atoms with Crippen LogP contribution in [0.15, 0.2) is 47.1 Å². The Hall–Kier alpha value is -2.56. The summed E-state index contributed by atoms with van der Waals surface area (Å²) in [7, 11) is 0. The summed E-state index contributed by atoms with van der Waals surface area (Å²) >= 11 is 0. The zero-order chi connectivity index (χ0) is 21.3. The Labute approximate surface area is 177 Å². The van der Waals surface area contributed by atoms with Crippen LogP contribution in [0.25, 0.3) is 11.0 Å². The molecule has 3 saturated carbocycles. The van der Waals surface area contributed by atoms with E-state index >= 15 is 0 Å². The molecule has 1 aromatic heterocycles. The number of carbonyl (C=O) groups excluding carboxylic acids is 1. The number of unbranched alkanes of at least 4 members (excludes halogenated alkanes) is 1. The number of aliphatic carboxylic acids is 1. The van der Waals surface area contributed by atoms with Crippen molar-refractivity contribution >= 4 is 22.8 Å². The second kappa shape index (κ2) is 8.29. The Kier molecular flexibility index (Phi) is 5.72. The SMILES string of the molecule is CC1(C)[C@@H]2C[C@H](CC=CCCCC(=O)O)C(NC(=O)c3cccc4ccoc34)[C@H]1C2. The number of carbonyl (C=O) groups is 2. The van der Waals surface area contributed by atoms with Crippen LogP contribution in [0.3, 0.4) is 0 Å². The summed E-state index contributed by atoms with van der Waals surface area (Å²) in [5.74, 6) is 0.817. The molecule has 1 amide bonds. The zero-order valence-electron chi connectivity index (χ0n) is 17.8. The largest absolute Gasteiger partial charge is 0.481 e. The number of fused-ring (bicyclic) bond motifs is 3. The summed E-state index contributed by atoms with van der Waals surface area (Å²) < 4.78 is 5.57. The molecule has 0 radical (unpaired) electrons. The van der Waals surface area contributed by atoms with Gasteiger partial charge >= 0.3 is 5.97 Å². The lowest BCUT2D eigenvalue weighted by Crippen LogP contribution is -2.63. The van der Waals surface area contributed by atoms with Gasteiger partial charge in [-0.25, -0.2) is 0 Å². The normalized spacial score (nSPS) is 27.1. The first-order valence-electron chi connectivity index (χ1n) is 11.0. The fourth-order valence-electron chi connectivity index (χ4n) is 5.53. The number of rotatable bonds is 8. The van der Waals surface area contributed by atoms with Gasteiger partial charge in [-0.05, 0) is 67.4 Å². The van der Waals surface area contributed by atoms with Crippen molar-refractivity contribution in [1.82, 2.24) is 5.32 Å². The van der Waals surface area contributed by atoms with Crippen LogP contribution < -0.4 is 5.32 Å². The highest BCUT2D eigenvalue weighted by atomic mass is 16.4. The molecule has 1 unspecified atom stereocenters. The smallest absolute Gasteiger partial charge is 0.303 e. The highest BCUT2D eigenvalue weighted by Crippen LogP contribution is 2.61. The Balaban J connectivity index is 1.45. The Morgan fingerprint density at radius 1 is 1.23 bits per heavy atom. The van der Waals surface area contributed by atoms with Crippen LogP contribution in [0.5, 0.6) is 0 Å². The van der Waals surface area contributed by atoms with Gasteiger partial charge in [0.25, 0.3) is 5.91 Å². The molecule has 0 aliphatic heterocycles. The molecule has 30 heavy (non-hydrogen) atoms. The Morgan fingerprint density at radius 3 is 2.83 bits per heavy atom. The summed E-state index contributed by atoms with van der Waals surface area (Å²) in [6.07, 6.45) is 10.8. The van der Waals surface area contributed by atoms with Gasteiger partial charge in [0.1, 0.15) is 5.58 Å². The molecule has 5 rings (SSSR count). The number of amides is 1. The summed E-state index contributed by atoms with van der Waals surface area (Å²) in [5.41, 5.74) is 1.50. The van der Waals surface area contributed by atoms with Gasteiger partial charge in [0.05, 0.1) is 11.8 Å². The third-order valence-electron chi connectivity index (χ3n) is 7.46. The number of furan rings is 1. The van der Waals surface area contributed by atoms with Crippen LogP contribution in [0.1, 0.15) is 62.7 Å². The lowest BCUT2D eigenvalue weighted by Gasteiger charge is -2.62. The van der Waals surface area contributed by atoms with Crippen LogP contribution in [-0.2, 0) is 4.79 Å². The first kappa shape index (κ1) is 20.7. The number of carboxylic acids is 1. The maximum Gasteiger partial charge on any atom is 0.303 e. The molecule has 2 N–H and O–H groups in total. The highest BCUT2D eigenvalue weighted by molar-refractivity contribution is 6.05. The van der Waals surface area contributed by atoms with Crippen LogP contribution >= 0.6 is 0 Å². The van der Waals surface area contributed by atoms with Crippen molar-refractivity contribution in [1.29, 1.82) is 0 Å². The van der Waals surface area contributed by atoms with Crippen molar-refractivity contribution in [2.45, 2.75) is 58.4 Å². The topological polar surface area (TPSA) is 79.5 Å². The van der Waals surface area contributed by atoms with Crippen molar-refractivity contribution in [2.24, 2.45) is 23.2 Å². The second-order valence-corrected chi connectivity index (χ2v) is 9.49. The van der Waals surface area contributed by atoms with E-state index in [1.807, 2.05) is 24.3 Å². The van der Waals surface area contributed by atoms with Gasteiger partial charge in [0.15, 0.2) is 0 Å². The van der Waals surface area contributed by atoms with Crippen molar-refractivity contribution in [3.05, 3.63) is 48.2 Å². The summed E-state index contributed by atoms with van der Waals surface area (Å²) in [5, 5.41) is 13.1. The number of para-hydroxylation sites is 1. The molecule has 3 aliphatic rings. The van der Waals surface area contributed by atoms with Crippen LogP contribution in [-0.4, -0.2) is 23.0 Å². The lowest BCUT2D eigenvalue weighted by atomic mass is 9.44. The van der Waals surface area contributed by atoms with E-state index in [0.717, 1.165) is 30.6 Å². The maximum absolute atomic E-state index is 13.2. The highest BCUT2D eigenvalue weighted by Gasteiger charge is 2.57. The molecule has 0 spiro atoms. The van der Waals surface area contributed by atoms with E-state index in [-0.39, 0.29) is 23.8 Å². The van der Waals surface area contributed by atoms with Crippen molar-refractivity contribution < 1.29 is 19.1 Å². The fraction of sp³-hybridized carbons (Fsp3) is 0.520. The van der Waals surface area contributed by atoms with Crippen molar-refractivity contribution in [3.63, 3.8) is 0 Å². The predicted molar refractivity (Wildman–Crippen MR) is 116 cm³/mol. The van der Waals surface area contributed by atoms with E-state index in [4.69, 9.17) is 9.52 Å². The number of benzene rings is 1. The molecule has 3 fully saturated rings. The average Bonchev–Trinajstić information content (AvgIpc) is 3.19. The Morgan fingerprint density at radius 2 is 2.07 bits per heavy atom. The first-order valence-corrected chi connectivity index (χ1v) is 11.0. The molecule has 2 bridgehead atoms. The minimum absolute atomic E-state index is 0.0582. The van der Waals surface area contributed by atoms with E-state index in [9.17, 15) is 9.59 Å². The standard InChI is InChI=1S/C25H31NO4/c1-25(2)18-14-17(8-5-3-4-6-11-21(27)28)22(20(25)15-18)26-24(29)19-10-7-9-16-12-13-30-23(16)19/h3,5,7,9-10,12-13,17-18,20,22H,4,6,8,11,14-15H2,1-2H3,(H,26,29)(H,27,28)/t17-,18+,20+,22?/m0/s1. The summed E-state index contributed by atoms with van der Waals surface area (Å²) in [4.78, 5) is 23.8. The number of allylic oxidation sites excluding steroid dienone is 2. The van der Waals surface area contributed by atoms with E-state index < -0.39 is 5.97 Å². The van der Waals surface area contributed by atoms with E-state index in [2.05, 4.69) is 31.3 Å². The van der Waals surface area contributed by atoms with Gasteiger partial charge in [-0.15, -0.1) is 0 Å².